The van der Waals surface area contributed by atoms with Crippen LogP contribution in [0.4, 0.5) is 0 Å². The summed E-state index contributed by atoms with van der Waals surface area (Å²) in [6.07, 6.45) is 20.8. The van der Waals surface area contributed by atoms with Crippen LogP contribution in [0.1, 0.15) is 145 Å². The summed E-state index contributed by atoms with van der Waals surface area (Å²) in [5.41, 5.74) is 1.73. The molecule has 0 aromatic carbocycles. The van der Waals surface area contributed by atoms with Gasteiger partial charge in [0.15, 0.2) is 17.3 Å². The van der Waals surface area contributed by atoms with Crippen molar-refractivity contribution in [1.82, 2.24) is 9.80 Å². The van der Waals surface area contributed by atoms with Crippen molar-refractivity contribution >= 4 is 23.3 Å². The van der Waals surface area contributed by atoms with E-state index in [1.165, 1.54) is 6.42 Å². The van der Waals surface area contributed by atoms with Gasteiger partial charge in [-0.2, -0.15) is 0 Å². The van der Waals surface area contributed by atoms with Crippen LogP contribution in [0, 0.1) is 34.5 Å². The second-order valence-corrected chi connectivity index (χ2v) is 16.9. The third-order valence-electron chi connectivity index (χ3n) is 11.6. The summed E-state index contributed by atoms with van der Waals surface area (Å²) >= 11 is 0. The average molecular weight is 747 g/mol. The highest BCUT2D eigenvalue weighted by atomic mass is 16.5. The van der Waals surface area contributed by atoms with Gasteiger partial charge in [-0.25, -0.2) is 0 Å². The van der Waals surface area contributed by atoms with Gasteiger partial charge < -0.3 is 19.3 Å². The Bertz CT molecular complexity index is 1470. The molecule has 8 heteroatoms. The number of carbonyl (C=O) groups excluding carboxylic acids is 4. The molecule has 0 N–H and O–H groups in total. The predicted molar refractivity (Wildman–Crippen MR) is 217 cm³/mol. The van der Waals surface area contributed by atoms with Crippen molar-refractivity contribution in [2.24, 2.45) is 22.7 Å². The Morgan fingerprint density at radius 1 is 0.796 bits per heavy atom. The minimum atomic E-state index is -0.311. The Hall–Kier alpha value is -3.44. The largest absolute Gasteiger partial charge is 0.465 e. The molecule has 0 aromatic heterocycles. The van der Waals surface area contributed by atoms with Crippen molar-refractivity contribution in [3.05, 3.63) is 47.5 Å². The third kappa shape index (κ3) is 14.0. The number of Topliss-reactive ketones (excluding diaryl/α,β-unsaturated/α-hetero) is 3. The molecular formula is C46H70N2O6. The molecule has 2 heterocycles. The van der Waals surface area contributed by atoms with Crippen molar-refractivity contribution in [1.29, 1.82) is 0 Å². The monoisotopic (exact) mass is 747 g/mol. The lowest BCUT2D eigenvalue weighted by atomic mass is 9.76. The van der Waals surface area contributed by atoms with E-state index in [4.69, 9.17) is 9.47 Å². The maximum absolute atomic E-state index is 13.5. The van der Waals surface area contributed by atoms with Gasteiger partial charge in [0.25, 0.3) is 0 Å². The van der Waals surface area contributed by atoms with Crippen molar-refractivity contribution in [2.45, 2.75) is 151 Å². The van der Waals surface area contributed by atoms with Crippen LogP contribution in [-0.2, 0) is 28.7 Å². The molecule has 0 fully saturated rings. The number of carbonyl (C=O) groups is 4. The minimum absolute atomic E-state index is 0.00162. The van der Waals surface area contributed by atoms with E-state index in [0.29, 0.717) is 25.0 Å². The van der Waals surface area contributed by atoms with Gasteiger partial charge in [-0.1, -0.05) is 106 Å². The molecule has 0 radical (unpaired) electrons. The Balaban J connectivity index is 1.60. The summed E-state index contributed by atoms with van der Waals surface area (Å²) < 4.78 is 11.3. The molecule has 0 spiro atoms. The summed E-state index contributed by atoms with van der Waals surface area (Å²) in [6.45, 7) is 19.6. The van der Waals surface area contributed by atoms with E-state index < -0.39 is 0 Å². The van der Waals surface area contributed by atoms with Crippen molar-refractivity contribution in [2.75, 3.05) is 32.9 Å². The van der Waals surface area contributed by atoms with Crippen LogP contribution >= 0.6 is 0 Å². The number of ketones is 3. The van der Waals surface area contributed by atoms with Crippen molar-refractivity contribution in [3.63, 3.8) is 0 Å². The van der Waals surface area contributed by atoms with Crippen LogP contribution in [0.25, 0.3) is 0 Å². The smallest absolute Gasteiger partial charge is 0.306 e. The van der Waals surface area contributed by atoms with E-state index in [9.17, 15) is 19.2 Å². The zero-order valence-corrected chi connectivity index (χ0v) is 34.9. The quantitative estimate of drug-likeness (QED) is 0.0713. The summed E-state index contributed by atoms with van der Waals surface area (Å²) in [7, 11) is 0. The maximum Gasteiger partial charge on any atom is 0.306 e. The van der Waals surface area contributed by atoms with E-state index in [0.717, 1.165) is 87.7 Å². The standard InChI is InChI=1S/C46H70N2O6/c1-9-13-16-35(11-3)32-53-34-39(49)22-23-42(50)40-30-47(28-26-45(40,5)6)37-18-15-19-38(21-20-37)48-29-27-46(7,8)41(31-48)43(51)24-25-44(52)54-33-36(12-4)17-14-10-2/h18,20-21,30-31,35-36,38H,9-14,16-17,22-29,32-34H2,1-8H3. The van der Waals surface area contributed by atoms with Crippen molar-refractivity contribution < 1.29 is 28.7 Å². The van der Waals surface area contributed by atoms with Crippen LogP contribution in [-0.4, -0.2) is 72.1 Å². The van der Waals surface area contributed by atoms with E-state index in [-0.39, 0.29) is 72.5 Å². The molecular weight excluding hydrogens is 677 g/mol. The number of nitrogens with zero attached hydrogens (tertiary/aromatic N) is 2. The predicted octanol–water partition coefficient (Wildman–Crippen LogP) is 9.30. The van der Waals surface area contributed by atoms with Gasteiger partial charge in [0, 0.05) is 74.3 Å². The highest BCUT2D eigenvalue weighted by molar-refractivity contribution is 5.99. The van der Waals surface area contributed by atoms with E-state index in [1.54, 1.807) is 0 Å². The topological polar surface area (TPSA) is 93.2 Å². The van der Waals surface area contributed by atoms with Crippen LogP contribution in [0.5, 0.6) is 0 Å². The molecule has 0 bridgehead atoms. The normalized spacial score (nSPS) is 20.1. The van der Waals surface area contributed by atoms with Gasteiger partial charge in [0.2, 0.25) is 0 Å². The molecule has 2 aliphatic heterocycles. The summed E-state index contributed by atoms with van der Waals surface area (Å²) in [4.78, 5) is 56.4. The van der Waals surface area contributed by atoms with Crippen LogP contribution < -0.4 is 0 Å². The lowest BCUT2D eigenvalue weighted by Crippen LogP contribution is -2.39. The fraction of sp³-hybridized carbons (Fsp3) is 0.696. The Morgan fingerprint density at radius 3 is 2.02 bits per heavy atom. The first-order valence-electron chi connectivity index (χ1n) is 20.9. The second kappa shape index (κ2) is 22.2. The third-order valence-corrected chi connectivity index (χ3v) is 11.6. The first kappa shape index (κ1) is 45.0. The van der Waals surface area contributed by atoms with Crippen LogP contribution in [0.2, 0.25) is 0 Å². The van der Waals surface area contributed by atoms with E-state index in [2.05, 4.69) is 83.1 Å². The second-order valence-electron chi connectivity index (χ2n) is 16.9. The van der Waals surface area contributed by atoms with Gasteiger partial charge >= 0.3 is 5.97 Å². The van der Waals surface area contributed by atoms with Gasteiger partial charge in [-0.3, -0.25) is 19.2 Å². The van der Waals surface area contributed by atoms with Crippen LogP contribution in [0.15, 0.2) is 47.5 Å². The first-order chi connectivity index (χ1) is 25.7. The number of allylic oxidation sites excluding steroid dienone is 4. The zero-order valence-electron chi connectivity index (χ0n) is 34.9. The minimum Gasteiger partial charge on any atom is -0.465 e. The Labute approximate surface area is 327 Å². The average Bonchev–Trinajstić information content (AvgIpc) is 3.40. The van der Waals surface area contributed by atoms with E-state index >= 15 is 0 Å². The first-order valence-corrected chi connectivity index (χ1v) is 20.9. The number of hydrogen-bond acceptors (Lipinski definition) is 8. The Morgan fingerprint density at radius 2 is 1.39 bits per heavy atom. The lowest BCUT2D eigenvalue weighted by Gasteiger charge is -2.39. The molecule has 3 aliphatic rings. The lowest BCUT2D eigenvalue weighted by molar-refractivity contribution is -0.146. The SMILES string of the molecule is CCCCC(CC)COCC(=O)CCC(=O)C1=CN(C2=CC#CC(N3C=C(C(=O)CCC(=O)OCC(CC)CCCC)C(C)(C)CC3)C=C2)CCC1(C)C. The number of hydrogen-bond donors (Lipinski definition) is 0. The summed E-state index contributed by atoms with van der Waals surface area (Å²) in [5.74, 6) is 7.05. The van der Waals surface area contributed by atoms with Crippen LogP contribution in [0.3, 0.4) is 0 Å². The zero-order chi connectivity index (χ0) is 39.7. The molecule has 8 nitrogen and oxygen atoms in total. The highest BCUT2D eigenvalue weighted by Crippen LogP contribution is 2.38. The molecule has 0 aromatic rings. The summed E-state index contributed by atoms with van der Waals surface area (Å²) in [5, 5.41) is 0. The number of rotatable bonds is 24. The molecule has 3 atom stereocenters. The number of unbranched alkanes of at least 4 members (excludes halogenated alkanes) is 2. The molecule has 54 heavy (non-hydrogen) atoms. The molecule has 300 valence electrons. The van der Waals surface area contributed by atoms with Gasteiger partial charge in [-0.05, 0) is 60.5 Å². The Kier molecular flexibility index (Phi) is 18.5. The van der Waals surface area contributed by atoms with Crippen molar-refractivity contribution in [3.8, 4) is 11.8 Å². The number of ether oxygens (including phenoxy) is 2. The molecule has 0 saturated heterocycles. The fourth-order valence-electron chi connectivity index (χ4n) is 7.29. The van der Waals surface area contributed by atoms with Gasteiger partial charge in [-0.15, -0.1) is 0 Å². The number of esters is 1. The molecule has 1 aliphatic carbocycles. The van der Waals surface area contributed by atoms with Gasteiger partial charge in [0.1, 0.15) is 12.6 Å². The maximum atomic E-state index is 13.5. The molecule has 0 amide bonds. The summed E-state index contributed by atoms with van der Waals surface area (Å²) in [6, 6.07) is -0.226. The molecule has 0 saturated carbocycles. The molecule has 3 unspecified atom stereocenters. The highest BCUT2D eigenvalue weighted by Gasteiger charge is 2.35. The fourth-order valence-corrected chi connectivity index (χ4v) is 7.29. The van der Waals surface area contributed by atoms with E-state index in [1.807, 2.05) is 24.6 Å². The molecule has 3 rings (SSSR count). The van der Waals surface area contributed by atoms with Gasteiger partial charge in [0.05, 0.1) is 13.0 Å².